The standard InChI is InChI=1S/C14H21N5O3/c1-3-4-5-6-7-8-9-22-13(20)11-12-16-17-18(2)14(21)19(12)10-15-11/h10H,3-9H2,1-2H3. The van der Waals surface area contributed by atoms with Gasteiger partial charge in [-0.05, 0) is 6.42 Å². The molecule has 0 aliphatic heterocycles. The normalized spacial score (nSPS) is 11.0. The molecule has 0 unspecified atom stereocenters. The van der Waals surface area contributed by atoms with Crippen molar-refractivity contribution in [3.05, 3.63) is 22.5 Å². The number of hydrogen-bond acceptors (Lipinski definition) is 6. The quantitative estimate of drug-likeness (QED) is 0.540. The molecule has 0 bridgehead atoms. The van der Waals surface area contributed by atoms with Crippen LogP contribution >= 0.6 is 0 Å². The third kappa shape index (κ3) is 3.69. The van der Waals surface area contributed by atoms with Gasteiger partial charge >= 0.3 is 11.7 Å². The minimum absolute atomic E-state index is 0.0242. The number of aryl methyl sites for hydroxylation is 1. The van der Waals surface area contributed by atoms with Gasteiger partial charge in [0.2, 0.25) is 0 Å². The molecule has 0 aliphatic rings. The molecule has 2 aromatic heterocycles. The highest BCUT2D eigenvalue weighted by Gasteiger charge is 2.18. The van der Waals surface area contributed by atoms with Crippen LogP contribution < -0.4 is 5.69 Å². The van der Waals surface area contributed by atoms with Crippen molar-refractivity contribution in [2.24, 2.45) is 7.05 Å². The summed E-state index contributed by atoms with van der Waals surface area (Å²) < 4.78 is 7.42. The van der Waals surface area contributed by atoms with Crippen molar-refractivity contribution >= 4 is 11.6 Å². The number of aromatic nitrogens is 5. The predicted molar refractivity (Wildman–Crippen MR) is 79.7 cm³/mol. The fraction of sp³-hybridized carbons (Fsp3) is 0.643. The summed E-state index contributed by atoms with van der Waals surface area (Å²) >= 11 is 0. The summed E-state index contributed by atoms with van der Waals surface area (Å²) in [6.07, 6.45) is 7.95. The topological polar surface area (TPSA) is 91.4 Å². The molecule has 0 aromatic carbocycles. The largest absolute Gasteiger partial charge is 0.461 e. The highest BCUT2D eigenvalue weighted by molar-refractivity contribution is 5.93. The Morgan fingerprint density at radius 3 is 2.73 bits per heavy atom. The van der Waals surface area contributed by atoms with E-state index in [9.17, 15) is 9.59 Å². The lowest BCUT2D eigenvalue weighted by atomic mass is 10.1. The van der Waals surface area contributed by atoms with Gasteiger partial charge in [0.1, 0.15) is 6.33 Å². The lowest BCUT2D eigenvalue weighted by Crippen LogP contribution is -2.27. The Balaban J connectivity index is 1.88. The molecule has 0 aliphatic carbocycles. The molecule has 22 heavy (non-hydrogen) atoms. The van der Waals surface area contributed by atoms with E-state index in [2.05, 4.69) is 22.2 Å². The van der Waals surface area contributed by atoms with Gasteiger partial charge in [0.25, 0.3) is 0 Å². The van der Waals surface area contributed by atoms with Gasteiger partial charge in [-0.25, -0.2) is 19.0 Å². The second-order valence-electron chi connectivity index (χ2n) is 5.19. The van der Waals surface area contributed by atoms with Crippen molar-refractivity contribution in [3.63, 3.8) is 0 Å². The number of unbranched alkanes of at least 4 members (excludes halogenated alkanes) is 5. The fourth-order valence-corrected chi connectivity index (χ4v) is 2.14. The maximum absolute atomic E-state index is 12.0. The van der Waals surface area contributed by atoms with Crippen LogP contribution in [0.4, 0.5) is 0 Å². The zero-order valence-electron chi connectivity index (χ0n) is 13.0. The van der Waals surface area contributed by atoms with Crippen LogP contribution in [0.2, 0.25) is 0 Å². The van der Waals surface area contributed by atoms with E-state index >= 15 is 0 Å². The Bertz CT molecular complexity index is 691. The number of carbonyl (C=O) groups excluding carboxylic acids is 1. The summed E-state index contributed by atoms with van der Waals surface area (Å²) in [6, 6.07) is 0. The van der Waals surface area contributed by atoms with Crippen molar-refractivity contribution in [2.75, 3.05) is 6.61 Å². The van der Waals surface area contributed by atoms with Crippen molar-refractivity contribution < 1.29 is 9.53 Å². The minimum Gasteiger partial charge on any atom is -0.461 e. The van der Waals surface area contributed by atoms with E-state index in [1.807, 2.05) is 0 Å². The van der Waals surface area contributed by atoms with Crippen molar-refractivity contribution in [2.45, 2.75) is 45.4 Å². The van der Waals surface area contributed by atoms with Crippen molar-refractivity contribution in [1.29, 1.82) is 0 Å². The SMILES string of the molecule is CCCCCCCCOC(=O)c1ncn2c(=O)n(C)nnc12. The van der Waals surface area contributed by atoms with Crippen molar-refractivity contribution in [1.82, 2.24) is 24.4 Å². The number of esters is 1. The number of hydrogen-bond donors (Lipinski definition) is 0. The molecule has 0 spiro atoms. The Morgan fingerprint density at radius 2 is 1.95 bits per heavy atom. The molecule has 0 radical (unpaired) electrons. The van der Waals surface area contributed by atoms with Crippen molar-refractivity contribution in [3.8, 4) is 0 Å². The Kier molecular flexibility index (Phi) is 5.62. The van der Waals surface area contributed by atoms with Crippen LogP contribution in [-0.4, -0.2) is 37.0 Å². The summed E-state index contributed by atoms with van der Waals surface area (Å²) in [5.74, 6) is -0.571. The average Bonchev–Trinajstić information content (AvgIpc) is 2.94. The summed E-state index contributed by atoms with van der Waals surface area (Å²) in [7, 11) is 1.48. The molecular formula is C14H21N5O3. The Labute approximate surface area is 128 Å². The van der Waals surface area contributed by atoms with E-state index in [0.717, 1.165) is 23.9 Å². The van der Waals surface area contributed by atoms with Gasteiger partial charge < -0.3 is 4.74 Å². The molecule has 0 fully saturated rings. The van der Waals surface area contributed by atoms with E-state index in [0.29, 0.717) is 6.61 Å². The smallest absolute Gasteiger partial charge is 0.360 e. The molecule has 8 nitrogen and oxygen atoms in total. The van der Waals surface area contributed by atoms with E-state index in [4.69, 9.17) is 4.74 Å². The van der Waals surface area contributed by atoms with Gasteiger partial charge in [-0.1, -0.05) is 44.2 Å². The van der Waals surface area contributed by atoms with Gasteiger partial charge in [0, 0.05) is 7.05 Å². The number of carbonyl (C=O) groups is 1. The third-order valence-corrected chi connectivity index (χ3v) is 3.42. The molecule has 0 saturated carbocycles. The molecule has 2 heterocycles. The molecule has 0 saturated heterocycles. The highest BCUT2D eigenvalue weighted by atomic mass is 16.5. The predicted octanol–water partition coefficient (Wildman–Crippen LogP) is 1.34. The van der Waals surface area contributed by atoms with Crippen LogP contribution in [0, 0.1) is 0 Å². The molecule has 2 rings (SSSR count). The monoisotopic (exact) mass is 307 g/mol. The lowest BCUT2D eigenvalue weighted by Gasteiger charge is -2.03. The van der Waals surface area contributed by atoms with E-state index in [1.165, 1.54) is 37.0 Å². The number of nitrogens with zero attached hydrogens (tertiary/aromatic N) is 5. The summed E-state index contributed by atoms with van der Waals surface area (Å²) in [6.45, 7) is 2.52. The molecule has 0 atom stereocenters. The van der Waals surface area contributed by atoms with Crippen LogP contribution in [0.15, 0.2) is 11.1 Å². The maximum Gasteiger partial charge on any atom is 0.360 e. The molecule has 0 N–H and O–H groups in total. The molecular weight excluding hydrogens is 286 g/mol. The number of imidazole rings is 1. The van der Waals surface area contributed by atoms with Gasteiger partial charge in [-0.15, -0.1) is 5.10 Å². The third-order valence-electron chi connectivity index (χ3n) is 3.42. The van der Waals surface area contributed by atoms with Gasteiger partial charge in [-0.3, -0.25) is 0 Å². The molecule has 0 amide bonds. The molecule has 8 heteroatoms. The first-order valence-electron chi connectivity index (χ1n) is 7.59. The van der Waals surface area contributed by atoms with Gasteiger partial charge in [0.15, 0.2) is 11.3 Å². The second-order valence-corrected chi connectivity index (χ2v) is 5.19. The van der Waals surface area contributed by atoms with E-state index in [1.54, 1.807) is 0 Å². The summed E-state index contributed by atoms with van der Waals surface area (Å²) in [4.78, 5) is 27.7. The number of ether oxygens (including phenoxy) is 1. The van der Waals surface area contributed by atoms with Crippen LogP contribution in [0.3, 0.4) is 0 Å². The number of rotatable bonds is 8. The first-order chi connectivity index (χ1) is 10.6. The zero-order valence-corrected chi connectivity index (χ0v) is 13.0. The van der Waals surface area contributed by atoms with E-state index in [-0.39, 0.29) is 11.3 Å². The minimum atomic E-state index is -0.571. The first-order valence-corrected chi connectivity index (χ1v) is 7.59. The molecule has 120 valence electrons. The van der Waals surface area contributed by atoms with Crippen LogP contribution in [0.1, 0.15) is 55.9 Å². The number of fused-ring (bicyclic) bond motifs is 1. The van der Waals surface area contributed by atoms with E-state index < -0.39 is 11.7 Å². The zero-order chi connectivity index (χ0) is 15.9. The van der Waals surface area contributed by atoms with Crippen LogP contribution in [0.25, 0.3) is 5.65 Å². The van der Waals surface area contributed by atoms with Gasteiger partial charge in [0.05, 0.1) is 6.61 Å². The second kappa shape index (κ2) is 7.67. The highest BCUT2D eigenvalue weighted by Crippen LogP contribution is 2.07. The summed E-state index contributed by atoms with van der Waals surface area (Å²) in [5, 5.41) is 7.46. The molecule has 2 aromatic rings. The summed E-state index contributed by atoms with van der Waals surface area (Å²) in [5.41, 5.74) is -0.264. The fourth-order valence-electron chi connectivity index (χ4n) is 2.14. The van der Waals surface area contributed by atoms with Crippen LogP contribution in [-0.2, 0) is 11.8 Å². The van der Waals surface area contributed by atoms with Gasteiger partial charge in [-0.2, -0.15) is 4.68 Å². The maximum atomic E-state index is 12.0. The Hall–Kier alpha value is -2.25. The Morgan fingerprint density at radius 1 is 1.23 bits per heavy atom. The van der Waals surface area contributed by atoms with Crippen LogP contribution in [0.5, 0.6) is 0 Å². The lowest BCUT2D eigenvalue weighted by molar-refractivity contribution is 0.0493. The average molecular weight is 307 g/mol. The first kappa shape index (κ1) is 16.1.